The number of ether oxygens (including phenoxy) is 4. The Labute approximate surface area is 280 Å². The molecular formula is C32H39Cl2N3O8S. The number of hydrogen-bond acceptors (Lipinski definition) is 8. The van der Waals surface area contributed by atoms with Gasteiger partial charge >= 0.3 is 0 Å². The van der Waals surface area contributed by atoms with E-state index in [-0.39, 0.29) is 33.6 Å². The number of benzene rings is 3. The van der Waals surface area contributed by atoms with Gasteiger partial charge in [-0.2, -0.15) is 0 Å². The van der Waals surface area contributed by atoms with Crippen LogP contribution in [0.2, 0.25) is 10.0 Å². The second-order valence-electron chi connectivity index (χ2n) is 11.3. The standard InChI is InChI=1S/C32H39Cl2N3O8S/c1-20(31(39)35-32(2,3)4)36(18-21-9-12-24(33)25(34)15-21)30(38)19-37(26-16-22(42-5)10-13-27(26)43-6)46(40,41)23-11-14-28(44-7)29(17-23)45-8/h9-17,20H,18-19H2,1-8H3,(H,35,39)/t20-/m0/s1. The van der Waals surface area contributed by atoms with Crippen LogP contribution in [0.25, 0.3) is 0 Å². The first-order valence-electron chi connectivity index (χ1n) is 14.1. The Morgan fingerprint density at radius 2 is 1.46 bits per heavy atom. The number of sulfonamides is 1. The minimum atomic E-state index is -4.48. The summed E-state index contributed by atoms with van der Waals surface area (Å²) in [7, 11) is 1.13. The second-order valence-corrected chi connectivity index (χ2v) is 13.9. The van der Waals surface area contributed by atoms with E-state index in [9.17, 15) is 18.0 Å². The molecule has 0 unspecified atom stereocenters. The van der Waals surface area contributed by atoms with Gasteiger partial charge in [-0.3, -0.25) is 13.9 Å². The molecule has 0 aliphatic rings. The monoisotopic (exact) mass is 695 g/mol. The molecule has 14 heteroatoms. The molecule has 0 aliphatic carbocycles. The van der Waals surface area contributed by atoms with Crippen LogP contribution >= 0.6 is 23.2 Å². The number of nitrogens with zero attached hydrogens (tertiary/aromatic N) is 2. The van der Waals surface area contributed by atoms with E-state index in [1.165, 1.54) is 63.7 Å². The Morgan fingerprint density at radius 1 is 0.826 bits per heavy atom. The predicted octanol–water partition coefficient (Wildman–Crippen LogP) is 5.56. The van der Waals surface area contributed by atoms with Crippen molar-refractivity contribution in [2.24, 2.45) is 0 Å². The number of nitrogens with one attached hydrogen (secondary N) is 1. The third-order valence-electron chi connectivity index (χ3n) is 6.88. The number of methoxy groups -OCH3 is 4. The fraction of sp³-hybridized carbons (Fsp3) is 0.375. The van der Waals surface area contributed by atoms with Crippen molar-refractivity contribution in [3.05, 3.63) is 70.2 Å². The number of carbonyl (C=O) groups excluding carboxylic acids is 2. The molecule has 0 heterocycles. The van der Waals surface area contributed by atoms with Gasteiger partial charge in [0.25, 0.3) is 10.0 Å². The zero-order chi connectivity index (χ0) is 34.4. The van der Waals surface area contributed by atoms with Crippen molar-refractivity contribution in [2.45, 2.75) is 50.7 Å². The molecule has 0 saturated carbocycles. The van der Waals surface area contributed by atoms with Gasteiger partial charge in [-0.1, -0.05) is 29.3 Å². The molecule has 0 fully saturated rings. The molecule has 0 bridgehead atoms. The molecule has 0 radical (unpaired) electrons. The van der Waals surface area contributed by atoms with Crippen molar-refractivity contribution < 1.29 is 37.0 Å². The van der Waals surface area contributed by atoms with Gasteiger partial charge in [0, 0.05) is 24.2 Å². The minimum Gasteiger partial charge on any atom is -0.497 e. The molecule has 0 aromatic heterocycles. The Bertz CT molecular complexity index is 1680. The predicted molar refractivity (Wildman–Crippen MR) is 178 cm³/mol. The van der Waals surface area contributed by atoms with E-state index in [0.29, 0.717) is 22.1 Å². The lowest BCUT2D eigenvalue weighted by molar-refractivity contribution is -0.140. The van der Waals surface area contributed by atoms with Crippen molar-refractivity contribution in [3.8, 4) is 23.0 Å². The fourth-order valence-corrected chi connectivity index (χ4v) is 6.25. The Balaban J connectivity index is 2.19. The largest absolute Gasteiger partial charge is 0.497 e. The Kier molecular flexibility index (Phi) is 12.0. The van der Waals surface area contributed by atoms with Crippen LogP contribution in [0, 0.1) is 0 Å². The lowest BCUT2D eigenvalue weighted by Crippen LogP contribution is -2.54. The summed E-state index contributed by atoms with van der Waals surface area (Å²) < 4.78 is 51.2. The van der Waals surface area contributed by atoms with E-state index in [4.69, 9.17) is 42.1 Å². The van der Waals surface area contributed by atoms with Crippen LogP contribution in [-0.2, 0) is 26.2 Å². The van der Waals surface area contributed by atoms with Crippen molar-refractivity contribution in [2.75, 3.05) is 39.3 Å². The topological polar surface area (TPSA) is 124 Å². The van der Waals surface area contributed by atoms with Crippen molar-refractivity contribution in [1.82, 2.24) is 10.2 Å². The van der Waals surface area contributed by atoms with E-state index in [1.54, 1.807) is 31.2 Å². The molecule has 0 aliphatic heterocycles. The van der Waals surface area contributed by atoms with Crippen LogP contribution in [0.1, 0.15) is 33.3 Å². The van der Waals surface area contributed by atoms with E-state index >= 15 is 0 Å². The van der Waals surface area contributed by atoms with Gasteiger partial charge in [-0.15, -0.1) is 0 Å². The summed E-state index contributed by atoms with van der Waals surface area (Å²) in [5, 5.41) is 3.46. The average molecular weight is 697 g/mol. The van der Waals surface area contributed by atoms with E-state index in [0.717, 1.165) is 4.31 Å². The first-order chi connectivity index (χ1) is 21.6. The van der Waals surface area contributed by atoms with Crippen LogP contribution in [-0.4, -0.2) is 71.7 Å². The third kappa shape index (κ3) is 8.68. The van der Waals surface area contributed by atoms with Gasteiger partial charge < -0.3 is 29.2 Å². The zero-order valence-corrected chi connectivity index (χ0v) is 29.3. The van der Waals surface area contributed by atoms with E-state index in [1.807, 2.05) is 20.8 Å². The number of hydrogen-bond donors (Lipinski definition) is 1. The lowest BCUT2D eigenvalue weighted by atomic mass is 10.1. The summed E-state index contributed by atoms with van der Waals surface area (Å²) >= 11 is 12.4. The van der Waals surface area contributed by atoms with Gasteiger partial charge in [0.05, 0.1) is 49.1 Å². The molecule has 0 spiro atoms. The summed E-state index contributed by atoms with van der Waals surface area (Å²) in [6.07, 6.45) is 0. The van der Waals surface area contributed by atoms with Crippen LogP contribution in [0.3, 0.4) is 0 Å². The second kappa shape index (κ2) is 15.1. The Morgan fingerprint density at radius 3 is 2.02 bits per heavy atom. The molecule has 1 atom stereocenters. The van der Waals surface area contributed by atoms with Gasteiger partial charge in [0.2, 0.25) is 11.8 Å². The summed E-state index contributed by atoms with van der Waals surface area (Å²) in [6.45, 7) is 6.22. The average Bonchev–Trinajstić information content (AvgIpc) is 3.01. The first kappa shape index (κ1) is 36.6. The van der Waals surface area contributed by atoms with Crippen molar-refractivity contribution in [3.63, 3.8) is 0 Å². The molecule has 2 amide bonds. The third-order valence-corrected chi connectivity index (χ3v) is 9.37. The highest BCUT2D eigenvalue weighted by atomic mass is 35.5. The summed E-state index contributed by atoms with van der Waals surface area (Å²) in [4.78, 5) is 28.8. The van der Waals surface area contributed by atoms with Gasteiger partial charge in [-0.25, -0.2) is 8.42 Å². The summed E-state index contributed by atoms with van der Waals surface area (Å²) in [5.41, 5.74) is 0.0121. The number of anilines is 1. The molecule has 250 valence electrons. The number of carbonyl (C=O) groups is 2. The smallest absolute Gasteiger partial charge is 0.265 e. The number of rotatable bonds is 13. The highest BCUT2D eigenvalue weighted by molar-refractivity contribution is 7.92. The number of amides is 2. The maximum absolute atomic E-state index is 14.4. The SMILES string of the molecule is COc1ccc(OC)c(N(CC(=O)N(Cc2ccc(Cl)c(Cl)c2)[C@@H](C)C(=O)NC(C)(C)C)S(=O)(=O)c2ccc(OC)c(OC)c2)c1. The van der Waals surface area contributed by atoms with Gasteiger partial charge in [0.15, 0.2) is 11.5 Å². The quantitative estimate of drug-likeness (QED) is 0.247. The van der Waals surface area contributed by atoms with Crippen LogP contribution in [0.4, 0.5) is 5.69 Å². The van der Waals surface area contributed by atoms with E-state index in [2.05, 4.69) is 5.32 Å². The molecule has 3 aromatic carbocycles. The highest BCUT2D eigenvalue weighted by Crippen LogP contribution is 2.38. The Hall–Kier alpha value is -3.87. The summed E-state index contributed by atoms with van der Waals surface area (Å²) in [6, 6.07) is 12.5. The number of halogens is 2. The first-order valence-corrected chi connectivity index (χ1v) is 16.3. The molecule has 1 N–H and O–H groups in total. The molecule has 46 heavy (non-hydrogen) atoms. The zero-order valence-electron chi connectivity index (χ0n) is 27.0. The van der Waals surface area contributed by atoms with Crippen LogP contribution in [0.5, 0.6) is 23.0 Å². The van der Waals surface area contributed by atoms with Gasteiger partial charge in [0.1, 0.15) is 24.1 Å². The van der Waals surface area contributed by atoms with Crippen LogP contribution < -0.4 is 28.6 Å². The summed E-state index contributed by atoms with van der Waals surface area (Å²) in [5.74, 6) is -0.157. The van der Waals surface area contributed by atoms with Crippen molar-refractivity contribution in [1.29, 1.82) is 0 Å². The molecular weight excluding hydrogens is 657 g/mol. The van der Waals surface area contributed by atoms with E-state index < -0.39 is 40.0 Å². The molecule has 3 aromatic rings. The van der Waals surface area contributed by atoms with Crippen LogP contribution in [0.15, 0.2) is 59.5 Å². The van der Waals surface area contributed by atoms with Crippen molar-refractivity contribution >= 4 is 50.7 Å². The normalized spacial score (nSPS) is 12.1. The maximum atomic E-state index is 14.4. The molecule has 0 saturated heterocycles. The van der Waals surface area contributed by atoms with Gasteiger partial charge in [-0.05, 0) is 69.7 Å². The lowest BCUT2D eigenvalue weighted by Gasteiger charge is -2.34. The molecule has 3 rings (SSSR count). The maximum Gasteiger partial charge on any atom is 0.265 e. The molecule has 11 nitrogen and oxygen atoms in total. The fourth-order valence-electron chi connectivity index (χ4n) is 4.50. The minimum absolute atomic E-state index is 0.0336. The highest BCUT2D eigenvalue weighted by Gasteiger charge is 2.35.